The molecule has 0 fully saturated rings. The van der Waals surface area contributed by atoms with Gasteiger partial charge in [-0.15, -0.1) is 0 Å². The second-order valence-corrected chi connectivity index (χ2v) is 11.2. The molecule has 0 atom stereocenters. The van der Waals surface area contributed by atoms with E-state index < -0.39 is 0 Å². The van der Waals surface area contributed by atoms with Crippen LogP contribution in [0.3, 0.4) is 0 Å². The van der Waals surface area contributed by atoms with Crippen molar-refractivity contribution in [1.82, 2.24) is 0 Å². The summed E-state index contributed by atoms with van der Waals surface area (Å²) in [5.74, 6) is 0. The van der Waals surface area contributed by atoms with E-state index in [2.05, 4.69) is 33.5 Å². The van der Waals surface area contributed by atoms with Gasteiger partial charge in [0.05, 0.1) is 0 Å². The number of hydrogen-bond donors (Lipinski definition) is 0. The Kier molecular flexibility index (Phi) is 2.23. The molecule has 0 nitrogen and oxygen atoms in total. The van der Waals surface area contributed by atoms with Gasteiger partial charge in [0.1, 0.15) is 0 Å². The van der Waals surface area contributed by atoms with Gasteiger partial charge in [0.25, 0.3) is 0 Å². The zero-order valence-electron chi connectivity index (χ0n) is 9.10. The van der Waals surface area contributed by atoms with E-state index in [1.807, 2.05) is 11.3 Å². The molecule has 0 aliphatic rings. The number of thiophene rings is 1. The van der Waals surface area contributed by atoms with E-state index in [0.717, 1.165) is 0 Å². The van der Waals surface area contributed by atoms with E-state index in [1.54, 1.807) is 37.9 Å². The summed E-state index contributed by atoms with van der Waals surface area (Å²) in [4.78, 5) is 4.82. The monoisotopic (exact) mass is 446 g/mol. The van der Waals surface area contributed by atoms with Crippen LogP contribution in [0.15, 0.2) is 33.5 Å². The molecule has 0 unspecified atom stereocenters. The SMILES string of the molecule is c1cc2[se]c3c4cc[se]c4c4[se]ccc4c3c2s1. The Bertz CT molecular complexity index is 1020. The maximum absolute atomic E-state index is 2.41. The first-order chi connectivity index (χ1) is 8.93. The summed E-state index contributed by atoms with van der Waals surface area (Å²) < 4.78 is 8.26. The van der Waals surface area contributed by atoms with Crippen LogP contribution in [0.1, 0.15) is 0 Å². The minimum atomic E-state index is 0.540. The molecular formula is C14H6SSe3. The minimum absolute atomic E-state index is 0.540. The fourth-order valence-corrected chi connectivity index (χ4v) is 11.7. The van der Waals surface area contributed by atoms with E-state index >= 15 is 0 Å². The number of fused-ring (bicyclic) bond motifs is 8. The van der Waals surface area contributed by atoms with Crippen LogP contribution in [0.4, 0.5) is 0 Å². The normalized spacial score (nSPS) is 12.4. The molecule has 4 aromatic heterocycles. The summed E-state index contributed by atoms with van der Waals surface area (Å²) in [6.45, 7) is 0. The fraction of sp³-hybridized carbons (Fsp3) is 0. The molecule has 0 spiro atoms. The summed E-state index contributed by atoms with van der Waals surface area (Å²) >= 11 is 3.65. The molecule has 4 heteroatoms. The second kappa shape index (κ2) is 3.75. The first-order valence-electron chi connectivity index (χ1n) is 5.59. The third-order valence-electron chi connectivity index (χ3n) is 3.35. The van der Waals surface area contributed by atoms with Crippen molar-refractivity contribution in [2.24, 2.45) is 0 Å². The van der Waals surface area contributed by atoms with Gasteiger partial charge in [0.15, 0.2) is 0 Å². The molecular weight excluding hydrogens is 437 g/mol. The van der Waals surface area contributed by atoms with E-state index in [9.17, 15) is 0 Å². The van der Waals surface area contributed by atoms with E-state index in [0.29, 0.717) is 43.5 Å². The molecule has 0 N–H and O–H groups in total. The molecule has 4 heterocycles. The van der Waals surface area contributed by atoms with Crippen molar-refractivity contribution in [3.63, 3.8) is 0 Å². The Balaban J connectivity index is 2.32. The van der Waals surface area contributed by atoms with Gasteiger partial charge in [0, 0.05) is 0 Å². The Hall–Kier alpha value is -0.0416. The predicted octanol–water partition coefficient (Wildman–Crippen LogP) is 3.53. The van der Waals surface area contributed by atoms with Crippen molar-refractivity contribution >= 4 is 92.7 Å². The van der Waals surface area contributed by atoms with Crippen LogP contribution in [0.2, 0.25) is 0 Å². The van der Waals surface area contributed by atoms with Crippen molar-refractivity contribution in [3.05, 3.63) is 33.5 Å². The van der Waals surface area contributed by atoms with Crippen LogP contribution in [0.25, 0.3) is 37.9 Å². The van der Waals surface area contributed by atoms with Gasteiger partial charge in [-0.25, -0.2) is 0 Å². The van der Waals surface area contributed by atoms with Crippen molar-refractivity contribution < 1.29 is 0 Å². The van der Waals surface area contributed by atoms with Crippen LogP contribution in [0, 0.1) is 0 Å². The molecule has 18 heavy (non-hydrogen) atoms. The standard InChI is InChI=1S/C14H6SSe3/c1-4-15-11-9(1)18-12-8-3-6-17-14(8)13-7(10(11)12)2-5-16-13/h1-6H. The van der Waals surface area contributed by atoms with Gasteiger partial charge in [0.2, 0.25) is 0 Å². The van der Waals surface area contributed by atoms with Gasteiger partial charge < -0.3 is 0 Å². The number of hydrogen-bond acceptors (Lipinski definition) is 1. The molecule has 1 aromatic carbocycles. The van der Waals surface area contributed by atoms with Gasteiger partial charge in [-0.05, 0) is 0 Å². The van der Waals surface area contributed by atoms with Crippen molar-refractivity contribution in [2.75, 3.05) is 0 Å². The molecule has 0 saturated carbocycles. The van der Waals surface area contributed by atoms with Crippen LogP contribution >= 0.6 is 11.3 Å². The molecule has 5 rings (SSSR count). The molecule has 0 aliphatic heterocycles. The zero-order valence-corrected chi connectivity index (χ0v) is 15.1. The molecule has 0 bridgehead atoms. The van der Waals surface area contributed by atoms with E-state index in [-0.39, 0.29) is 0 Å². The summed E-state index contributed by atoms with van der Waals surface area (Å²) in [7, 11) is 0. The Morgan fingerprint density at radius 1 is 0.833 bits per heavy atom. The Labute approximate surface area is 125 Å². The Morgan fingerprint density at radius 2 is 1.61 bits per heavy atom. The molecule has 86 valence electrons. The molecule has 0 saturated heterocycles. The summed E-state index contributed by atoms with van der Waals surface area (Å²) in [6.07, 6.45) is 0. The topological polar surface area (TPSA) is 0 Å². The van der Waals surface area contributed by atoms with E-state index in [1.165, 1.54) is 0 Å². The van der Waals surface area contributed by atoms with Crippen LogP contribution < -0.4 is 0 Å². The molecule has 0 aliphatic carbocycles. The van der Waals surface area contributed by atoms with Crippen molar-refractivity contribution in [2.45, 2.75) is 0 Å². The van der Waals surface area contributed by atoms with Crippen molar-refractivity contribution in [1.29, 1.82) is 0 Å². The summed E-state index contributed by atoms with van der Waals surface area (Å²) in [6, 6.07) is 7.14. The maximum atomic E-state index is 2.41. The number of benzene rings is 1. The summed E-state index contributed by atoms with van der Waals surface area (Å²) in [5, 5.41) is 7.06. The number of rotatable bonds is 0. The first kappa shape index (κ1) is 10.7. The second-order valence-electron chi connectivity index (χ2n) is 4.25. The zero-order chi connectivity index (χ0) is 11.7. The molecule has 0 amide bonds. The van der Waals surface area contributed by atoms with Gasteiger partial charge in [-0.1, -0.05) is 0 Å². The van der Waals surface area contributed by atoms with Gasteiger partial charge in [-0.2, -0.15) is 0 Å². The molecule has 0 radical (unpaired) electrons. The van der Waals surface area contributed by atoms with Gasteiger partial charge in [-0.3, -0.25) is 0 Å². The van der Waals surface area contributed by atoms with Crippen LogP contribution in [-0.4, -0.2) is 43.5 Å². The molecule has 5 aromatic rings. The quantitative estimate of drug-likeness (QED) is 0.322. The third kappa shape index (κ3) is 1.23. The predicted molar refractivity (Wildman–Crippen MR) is 85.2 cm³/mol. The van der Waals surface area contributed by atoms with Crippen LogP contribution in [-0.2, 0) is 0 Å². The first-order valence-corrected chi connectivity index (χ1v) is 11.9. The fourth-order valence-electron chi connectivity index (χ4n) is 2.60. The average Bonchev–Trinajstić information content (AvgIpc) is 3.10. The Morgan fingerprint density at radius 3 is 2.50 bits per heavy atom. The van der Waals surface area contributed by atoms with Crippen molar-refractivity contribution in [3.8, 4) is 0 Å². The third-order valence-corrected chi connectivity index (χ3v) is 11.6. The average molecular weight is 443 g/mol. The summed E-state index contributed by atoms with van der Waals surface area (Å²) in [5.41, 5.74) is 0. The van der Waals surface area contributed by atoms with Gasteiger partial charge >= 0.3 is 126 Å². The van der Waals surface area contributed by atoms with E-state index in [4.69, 9.17) is 0 Å². The van der Waals surface area contributed by atoms with Crippen LogP contribution in [0.5, 0.6) is 0 Å².